The summed E-state index contributed by atoms with van der Waals surface area (Å²) in [5.41, 5.74) is 0.975. The summed E-state index contributed by atoms with van der Waals surface area (Å²) in [6.07, 6.45) is 1.01. The van der Waals surface area contributed by atoms with Crippen molar-refractivity contribution in [3.05, 3.63) is 36.2 Å². The van der Waals surface area contributed by atoms with Gasteiger partial charge in [-0.05, 0) is 13.0 Å². The molecular formula is C14H17N3O2. The average Bonchev–Trinajstić information content (AvgIpc) is 3.08. The van der Waals surface area contributed by atoms with Gasteiger partial charge in [-0.25, -0.2) is 0 Å². The smallest absolute Gasteiger partial charge is 0.231 e. The highest BCUT2D eigenvalue weighted by atomic mass is 16.5. The topological polar surface area (TPSA) is 62.4 Å². The second-order valence-electron chi connectivity index (χ2n) is 4.83. The lowest BCUT2D eigenvalue weighted by atomic mass is 10.1. The number of hydrogen-bond acceptors (Lipinski definition) is 5. The number of benzene rings is 1. The molecular weight excluding hydrogens is 242 g/mol. The summed E-state index contributed by atoms with van der Waals surface area (Å²) >= 11 is 0. The maximum Gasteiger partial charge on any atom is 0.231 e. The molecule has 1 aromatic heterocycles. The highest BCUT2D eigenvalue weighted by molar-refractivity contribution is 5.53. The highest BCUT2D eigenvalue weighted by Crippen LogP contribution is 2.27. The fourth-order valence-corrected chi connectivity index (χ4v) is 2.48. The van der Waals surface area contributed by atoms with Crippen molar-refractivity contribution in [2.24, 2.45) is 0 Å². The molecule has 1 saturated heterocycles. The molecule has 0 unspecified atom stereocenters. The molecule has 0 radical (unpaired) electrons. The van der Waals surface area contributed by atoms with E-state index in [9.17, 15) is 0 Å². The van der Waals surface area contributed by atoms with Crippen molar-refractivity contribution in [2.45, 2.75) is 12.3 Å². The summed E-state index contributed by atoms with van der Waals surface area (Å²) in [5.74, 6) is 1.65. The van der Waals surface area contributed by atoms with E-state index in [1.165, 1.54) is 0 Å². The molecule has 0 saturated carbocycles. The third-order valence-electron chi connectivity index (χ3n) is 3.51. The van der Waals surface area contributed by atoms with Crippen molar-refractivity contribution in [1.29, 1.82) is 0 Å². The van der Waals surface area contributed by atoms with Crippen molar-refractivity contribution in [2.75, 3.05) is 26.2 Å². The van der Waals surface area contributed by atoms with E-state index in [0.717, 1.165) is 31.6 Å². The van der Waals surface area contributed by atoms with E-state index in [4.69, 9.17) is 9.63 Å². The number of aliphatic hydroxyl groups is 1. The number of likely N-dealkylation sites (tertiary alicyclic amines) is 1. The van der Waals surface area contributed by atoms with Gasteiger partial charge in [0.2, 0.25) is 11.7 Å². The fraction of sp³-hybridized carbons (Fsp3) is 0.429. The van der Waals surface area contributed by atoms with Crippen LogP contribution in [-0.4, -0.2) is 46.4 Å². The van der Waals surface area contributed by atoms with Gasteiger partial charge in [0.1, 0.15) is 0 Å². The van der Waals surface area contributed by atoms with Gasteiger partial charge in [0, 0.05) is 18.7 Å². The van der Waals surface area contributed by atoms with Gasteiger partial charge in [0.05, 0.1) is 12.5 Å². The van der Waals surface area contributed by atoms with Gasteiger partial charge in [0.25, 0.3) is 0 Å². The zero-order chi connectivity index (χ0) is 13.1. The van der Waals surface area contributed by atoms with Crippen molar-refractivity contribution < 1.29 is 9.63 Å². The Labute approximate surface area is 111 Å². The Morgan fingerprint density at radius 1 is 1.32 bits per heavy atom. The van der Waals surface area contributed by atoms with Crippen LogP contribution in [-0.2, 0) is 0 Å². The summed E-state index contributed by atoms with van der Waals surface area (Å²) < 4.78 is 5.38. The van der Waals surface area contributed by atoms with Gasteiger partial charge in [-0.2, -0.15) is 4.98 Å². The molecule has 0 spiro atoms. The van der Waals surface area contributed by atoms with E-state index < -0.39 is 0 Å². The fourth-order valence-electron chi connectivity index (χ4n) is 2.48. The molecule has 1 atom stereocenters. The Kier molecular flexibility index (Phi) is 3.57. The second-order valence-corrected chi connectivity index (χ2v) is 4.83. The van der Waals surface area contributed by atoms with E-state index in [2.05, 4.69) is 15.0 Å². The van der Waals surface area contributed by atoms with Crippen molar-refractivity contribution >= 4 is 0 Å². The number of nitrogens with zero attached hydrogens (tertiary/aromatic N) is 3. The van der Waals surface area contributed by atoms with Gasteiger partial charge in [-0.1, -0.05) is 35.5 Å². The van der Waals surface area contributed by atoms with E-state index in [-0.39, 0.29) is 12.5 Å². The molecule has 3 rings (SSSR count). The highest BCUT2D eigenvalue weighted by Gasteiger charge is 2.28. The number of aromatic nitrogens is 2. The number of rotatable bonds is 4. The van der Waals surface area contributed by atoms with Gasteiger partial charge >= 0.3 is 0 Å². The van der Waals surface area contributed by atoms with Gasteiger partial charge < -0.3 is 14.5 Å². The average molecular weight is 259 g/mol. The van der Waals surface area contributed by atoms with Crippen LogP contribution in [0.5, 0.6) is 0 Å². The first-order valence-corrected chi connectivity index (χ1v) is 6.59. The summed E-state index contributed by atoms with van der Waals surface area (Å²) in [4.78, 5) is 6.71. The quantitative estimate of drug-likeness (QED) is 0.902. The van der Waals surface area contributed by atoms with E-state index in [1.807, 2.05) is 30.3 Å². The molecule has 5 heteroatoms. The third-order valence-corrected chi connectivity index (χ3v) is 3.51. The number of β-amino-alcohol motifs (C(OH)–C–C–N with tert-alkyl or cyclic N) is 1. The van der Waals surface area contributed by atoms with E-state index in [1.54, 1.807) is 0 Å². The Morgan fingerprint density at radius 3 is 2.95 bits per heavy atom. The van der Waals surface area contributed by atoms with Gasteiger partial charge in [-0.15, -0.1) is 0 Å². The minimum atomic E-state index is 0.200. The molecule has 0 aliphatic carbocycles. The third kappa shape index (κ3) is 2.67. The van der Waals surface area contributed by atoms with E-state index >= 15 is 0 Å². The van der Waals surface area contributed by atoms with Crippen LogP contribution >= 0.6 is 0 Å². The lowest BCUT2D eigenvalue weighted by molar-refractivity contribution is 0.218. The normalized spacial score (nSPS) is 19.9. The largest absolute Gasteiger partial charge is 0.395 e. The maximum atomic E-state index is 8.94. The first-order chi connectivity index (χ1) is 9.36. The van der Waals surface area contributed by atoms with Crippen LogP contribution in [0.25, 0.3) is 11.4 Å². The molecule has 1 fully saturated rings. The van der Waals surface area contributed by atoms with E-state index in [0.29, 0.717) is 11.7 Å². The SMILES string of the molecule is OCCN1CC[C@@H](c2nc(-c3ccccc3)no2)C1. The van der Waals surface area contributed by atoms with Crippen LogP contribution in [0, 0.1) is 0 Å². The molecule has 2 heterocycles. The first kappa shape index (κ1) is 12.3. The minimum absolute atomic E-state index is 0.200. The maximum absolute atomic E-state index is 8.94. The van der Waals surface area contributed by atoms with Crippen LogP contribution < -0.4 is 0 Å². The summed E-state index contributed by atoms with van der Waals surface area (Å²) in [6.45, 7) is 2.78. The van der Waals surface area contributed by atoms with Crippen LogP contribution in [0.4, 0.5) is 0 Å². The molecule has 2 aromatic rings. The molecule has 0 bridgehead atoms. The monoisotopic (exact) mass is 259 g/mol. The van der Waals surface area contributed by atoms with Crippen LogP contribution in [0.3, 0.4) is 0 Å². The van der Waals surface area contributed by atoms with Crippen molar-refractivity contribution in [1.82, 2.24) is 15.0 Å². The Morgan fingerprint density at radius 2 is 2.16 bits per heavy atom. The standard InChI is InChI=1S/C14H17N3O2/c18-9-8-17-7-6-12(10-17)14-15-13(16-19-14)11-4-2-1-3-5-11/h1-5,12,18H,6-10H2/t12-/m1/s1. The predicted octanol–water partition coefficient (Wildman–Crippen LogP) is 1.52. The second kappa shape index (κ2) is 5.50. The molecule has 19 heavy (non-hydrogen) atoms. The van der Waals surface area contributed by atoms with Crippen molar-refractivity contribution in [3.63, 3.8) is 0 Å². The molecule has 1 aromatic carbocycles. The predicted molar refractivity (Wildman–Crippen MR) is 70.6 cm³/mol. The lowest BCUT2D eigenvalue weighted by Crippen LogP contribution is -2.23. The molecule has 100 valence electrons. The Bertz CT molecular complexity index is 526. The molecule has 5 nitrogen and oxygen atoms in total. The zero-order valence-electron chi connectivity index (χ0n) is 10.7. The van der Waals surface area contributed by atoms with Crippen LogP contribution in [0.2, 0.25) is 0 Å². The molecule has 1 N–H and O–H groups in total. The first-order valence-electron chi connectivity index (χ1n) is 6.59. The summed E-state index contributed by atoms with van der Waals surface area (Å²) in [5, 5.41) is 13.0. The lowest BCUT2D eigenvalue weighted by Gasteiger charge is -2.12. The van der Waals surface area contributed by atoms with Gasteiger partial charge in [-0.3, -0.25) is 0 Å². The molecule has 1 aliphatic heterocycles. The summed E-state index contributed by atoms with van der Waals surface area (Å²) in [7, 11) is 0. The van der Waals surface area contributed by atoms with Gasteiger partial charge in [0.15, 0.2) is 0 Å². The minimum Gasteiger partial charge on any atom is -0.395 e. The number of hydrogen-bond donors (Lipinski definition) is 1. The zero-order valence-corrected chi connectivity index (χ0v) is 10.7. The van der Waals surface area contributed by atoms with Crippen LogP contribution in [0.15, 0.2) is 34.9 Å². The van der Waals surface area contributed by atoms with Crippen molar-refractivity contribution in [3.8, 4) is 11.4 Å². The number of aliphatic hydroxyl groups excluding tert-OH is 1. The summed E-state index contributed by atoms with van der Waals surface area (Å²) in [6, 6.07) is 9.84. The Hall–Kier alpha value is -1.72. The molecule has 1 aliphatic rings. The van der Waals surface area contributed by atoms with Crippen LogP contribution in [0.1, 0.15) is 18.2 Å². The Balaban J connectivity index is 1.72. The molecule has 0 amide bonds.